The molecule has 0 aliphatic rings. The van der Waals surface area contributed by atoms with Crippen molar-refractivity contribution in [3.8, 4) is 11.3 Å². The molecule has 21 heavy (non-hydrogen) atoms. The molecular weight excluding hydrogens is 290 g/mol. The predicted molar refractivity (Wildman–Crippen MR) is 76.5 cm³/mol. The van der Waals surface area contributed by atoms with Gasteiger partial charge in [-0.1, -0.05) is 47.3 Å². The Bertz CT molecular complexity index is 696. The fourth-order valence-electron chi connectivity index (χ4n) is 1.73. The second-order valence-corrected chi connectivity index (χ2v) is 5.12. The number of oxazole rings is 1. The molecule has 0 amide bonds. The molecule has 7 heteroatoms. The molecule has 0 saturated carbocycles. The van der Waals surface area contributed by atoms with Crippen molar-refractivity contribution in [1.82, 2.24) is 15.1 Å². The molecule has 2 heterocycles. The fraction of sp³-hybridized carbons (Fsp3) is 0.214. The molecule has 3 aromatic rings. The molecule has 0 aliphatic heterocycles. The van der Waals surface area contributed by atoms with Crippen LogP contribution < -0.4 is 0 Å². The Balaban J connectivity index is 1.62. The molecule has 2 aromatic heterocycles. The van der Waals surface area contributed by atoms with Gasteiger partial charge in [-0.2, -0.15) is 4.98 Å². The zero-order chi connectivity index (χ0) is 14.5. The molecule has 3 rings (SSSR count). The van der Waals surface area contributed by atoms with Crippen LogP contribution in [-0.2, 0) is 17.1 Å². The molecule has 108 valence electrons. The van der Waals surface area contributed by atoms with Crippen molar-refractivity contribution in [2.24, 2.45) is 0 Å². The molecule has 0 fully saturated rings. The van der Waals surface area contributed by atoms with Crippen molar-refractivity contribution in [3.63, 3.8) is 0 Å². The van der Waals surface area contributed by atoms with E-state index in [-0.39, 0.29) is 0 Å². The third-order valence-electron chi connectivity index (χ3n) is 2.66. The molecule has 0 atom stereocenters. The Kier molecular flexibility index (Phi) is 4.32. The van der Waals surface area contributed by atoms with Crippen LogP contribution in [0, 0.1) is 0 Å². The van der Waals surface area contributed by atoms with Crippen molar-refractivity contribution in [2.75, 3.05) is 7.11 Å². The molecule has 0 saturated heterocycles. The molecule has 1 aromatic carbocycles. The van der Waals surface area contributed by atoms with Gasteiger partial charge in [0, 0.05) is 12.7 Å². The van der Waals surface area contributed by atoms with Gasteiger partial charge in [-0.15, -0.1) is 0 Å². The summed E-state index contributed by atoms with van der Waals surface area (Å²) >= 11 is 1.41. The van der Waals surface area contributed by atoms with E-state index in [0.717, 1.165) is 11.3 Å². The lowest BCUT2D eigenvalue weighted by Gasteiger charge is -1.92. The summed E-state index contributed by atoms with van der Waals surface area (Å²) in [6.07, 6.45) is 1.64. The lowest BCUT2D eigenvalue weighted by atomic mass is 10.2. The lowest BCUT2D eigenvalue weighted by Crippen LogP contribution is -1.90. The quantitative estimate of drug-likeness (QED) is 0.647. The first-order chi connectivity index (χ1) is 10.3. The summed E-state index contributed by atoms with van der Waals surface area (Å²) in [4.78, 5) is 8.61. The largest absolute Gasteiger partial charge is 0.439 e. The zero-order valence-corrected chi connectivity index (χ0v) is 12.2. The second kappa shape index (κ2) is 6.55. The minimum atomic E-state index is 0.339. The van der Waals surface area contributed by atoms with Crippen LogP contribution in [0.4, 0.5) is 0 Å². The molecule has 0 spiro atoms. The van der Waals surface area contributed by atoms with Gasteiger partial charge in [0.25, 0.3) is 5.22 Å². The van der Waals surface area contributed by atoms with E-state index < -0.39 is 0 Å². The minimum absolute atomic E-state index is 0.339. The highest BCUT2D eigenvalue weighted by atomic mass is 32.2. The van der Waals surface area contributed by atoms with Crippen molar-refractivity contribution in [1.29, 1.82) is 0 Å². The summed E-state index contributed by atoms with van der Waals surface area (Å²) in [7, 11) is 1.59. The maximum Gasteiger partial charge on any atom is 0.256 e. The lowest BCUT2D eigenvalue weighted by molar-refractivity contribution is 0.174. The topological polar surface area (TPSA) is 74.2 Å². The van der Waals surface area contributed by atoms with Crippen LogP contribution in [0.25, 0.3) is 11.3 Å². The molecule has 0 aliphatic carbocycles. The van der Waals surface area contributed by atoms with E-state index in [1.54, 1.807) is 13.4 Å². The molecule has 6 nitrogen and oxygen atoms in total. The van der Waals surface area contributed by atoms with Gasteiger partial charge in [-0.05, 0) is 0 Å². The van der Waals surface area contributed by atoms with E-state index in [4.69, 9.17) is 13.7 Å². The fourth-order valence-corrected chi connectivity index (χ4v) is 2.37. The van der Waals surface area contributed by atoms with Crippen LogP contribution in [0.3, 0.4) is 0 Å². The molecule has 0 radical (unpaired) electrons. The monoisotopic (exact) mass is 303 g/mol. The maximum absolute atomic E-state index is 5.43. The first-order valence-corrected chi connectivity index (χ1v) is 7.28. The van der Waals surface area contributed by atoms with Gasteiger partial charge in [-0.25, -0.2) is 4.98 Å². The van der Waals surface area contributed by atoms with E-state index in [0.29, 0.717) is 29.3 Å². The third-order valence-corrected chi connectivity index (χ3v) is 3.48. The molecular formula is C14H13N3O3S. The maximum atomic E-state index is 5.43. The van der Waals surface area contributed by atoms with E-state index >= 15 is 0 Å². The predicted octanol–water partition coefficient (Wildman–Crippen LogP) is 3.16. The highest BCUT2D eigenvalue weighted by Gasteiger charge is 2.10. The summed E-state index contributed by atoms with van der Waals surface area (Å²) in [6.45, 7) is 0.339. The minimum Gasteiger partial charge on any atom is -0.439 e. The van der Waals surface area contributed by atoms with Gasteiger partial charge in [-0.3, -0.25) is 0 Å². The number of aromatic nitrogens is 3. The summed E-state index contributed by atoms with van der Waals surface area (Å²) in [6, 6.07) is 9.87. The number of thioether (sulfide) groups is 1. The normalized spacial score (nSPS) is 10.9. The number of hydrogen-bond acceptors (Lipinski definition) is 7. The summed E-state index contributed by atoms with van der Waals surface area (Å²) < 4.78 is 15.5. The SMILES string of the molecule is COCc1noc(CSc2nc(-c3ccccc3)co2)n1. The zero-order valence-electron chi connectivity index (χ0n) is 11.4. The van der Waals surface area contributed by atoms with Gasteiger partial charge in [0.2, 0.25) is 5.89 Å². The Morgan fingerprint density at radius 1 is 1.19 bits per heavy atom. The Hall–Kier alpha value is -2.12. The summed E-state index contributed by atoms with van der Waals surface area (Å²) in [5.74, 6) is 1.56. The van der Waals surface area contributed by atoms with E-state index in [1.807, 2.05) is 30.3 Å². The van der Waals surface area contributed by atoms with Gasteiger partial charge in [0.1, 0.15) is 18.6 Å². The average molecular weight is 303 g/mol. The second-order valence-electron chi connectivity index (χ2n) is 4.19. The highest BCUT2D eigenvalue weighted by Crippen LogP contribution is 2.25. The van der Waals surface area contributed by atoms with E-state index in [2.05, 4.69) is 15.1 Å². The summed E-state index contributed by atoms with van der Waals surface area (Å²) in [5.41, 5.74) is 1.83. The van der Waals surface area contributed by atoms with Crippen LogP contribution in [-0.4, -0.2) is 22.2 Å². The van der Waals surface area contributed by atoms with Crippen LogP contribution in [0.1, 0.15) is 11.7 Å². The van der Waals surface area contributed by atoms with E-state index in [1.165, 1.54) is 11.8 Å². The van der Waals surface area contributed by atoms with Gasteiger partial charge in [0.15, 0.2) is 5.82 Å². The Morgan fingerprint density at radius 3 is 2.86 bits per heavy atom. The molecule has 0 bridgehead atoms. The van der Waals surface area contributed by atoms with Crippen LogP contribution in [0.5, 0.6) is 0 Å². The highest BCUT2D eigenvalue weighted by molar-refractivity contribution is 7.98. The Morgan fingerprint density at radius 2 is 2.05 bits per heavy atom. The number of methoxy groups -OCH3 is 1. The number of nitrogens with zero attached hydrogens (tertiary/aromatic N) is 3. The number of ether oxygens (including phenoxy) is 1. The van der Waals surface area contributed by atoms with Crippen LogP contribution in [0.2, 0.25) is 0 Å². The van der Waals surface area contributed by atoms with Crippen molar-refractivity contribution in [3.05, 3.63) is 48.3 Å². The average Bonchev–Trinajstić information content (AvgIpc) is 3.16. The van der Waals surface area contributed by atoms with E-state index in [9.17, 15) is 0 Å². The first-order valence-electron chi connectivity index (χ1n) is 6.29. The smallest absolute Gasteiger partial charge is 0.256 e. The van der Waals surface area contributed by atoms with Gasteiger partial charge >= 0.3 is 0 Å². The van der Waals surface area contributed by atoms with Crippen LogP contribution in [0.15, 0.2) is 50.8 Å². The van der Waals surface area contributed by atoms with Gasteiger partial charge < -0.3 is 13.7 Å². The standard InChI is InChI=1S/C14H13N3O3S/c1-18-8-12-16-13(20-17-12)9-21-14-15-11(7-19-14)10-5-3-2-4-6-10/h2-7H,8-9H2,1H3. The third kappa shape index (κ3) is 3.50. The molecule has 0 N–H and O–H groups in total. The number of rotatable bonds is 6. The number of benzene rings is 1. The summed E-state index contributed by atoms with van der Waals surface area (Å²) in [5, 5.41) is 4.37. The Labute approximate surface area is 125 Å². The van der Waals surface area contributed by atoms with Crippen LogP contribution >= 0.6 is 11.8 Å². The van der Waals surface area contributed by atoms with Crippen molar-refractivity contribution >= 4 is 11.8 Å². The molecule has 0 unspecified atom stereocenters. The first kappa shape index (κ1) is 13.8. The van der Waals surface area contributed by atoms with Gasteiger partial charge in [0.05, 0.1) is 5.75 Å². The van der Waals surface area contributed by atoms with Crippen molar-refractivity contribution in [2.45, 2.75) is 17.6 Å². The number of hydrogen-bond donors (Lipinski definition) is 0. The van der Waals surface area contributed by atoms with Crippen molar-refractivity contribution < 1.29 is 13.7 Å².